The molecule has 0 aromatic carbocycles. The van der Waals surface area contributed by atoms with Crippen molar-refractivity contribution in [3.05, 3.63) is 11.8 Å². The van der Waals surface area contributed by atoms with Crippen LogP contribution in [0.2, 0.25) is 0 Å². The van der Waals surface area contributed by atoms with Crippen molar-refractivity contribution in [2.75, 3.05) is 26.4 Å². The predicted molar refractivity (Wildman–Crippen MR) is 73.0 cm³/mol. The molecule has 0 rings (SSSR count). The first-order valence-corrected chi connectivity index (χ1v) is 6.78. The second kappa shape index (κ2) is 9.50. The molecule has 6 heteroatoms. The molecule has 0 amide bonds. The monoisotopic (exact) mass is 288 g/mol. The second-order valence-corrected chi connectivity index (χ2v) is 3.85. The van der Waals surface area contributed by atoms with Crippen LogP contribution in [-0.4, -0.2) is 44.0 Å². The van der Waals surface area contributed by atoms with Gasteiger partial charge in [0.05, 0.1) is 13.2 Å². The SMILES string of the molecule is CCOC=C(C(=O)OCC)C(=O)C(C)(OCC)OCC. The molecule has 0 aliphatic rings. The molecule has 0 saturated carbocycles. The van der Waals surface area contributed by atoms with Gasteiger partial charge in [0.1, 0.15) is 11.8 Å². The maximum Gasteiger partial charge on any atom is 0.345 e. The Morgan fingerprint density at radius 1 is 0.950 bits per heavy atom. The number of hydrogen-bond acceptors (Lipinski definition) is 6. The molecule has 0 aromatic rings. The molecule has 0 aliphatic carbocycles. The number of carbonyl (C=O) groups is 2. The maximum absolute atomic E-state index is 12.5. The summed E-state index contributed by atoms with van der Waals surface area (Å²) in [7, 11) is 0. The molecule has 0 heterocycles. The van der Waals surface area contributed by atoms with Gasteiger partial charge in [0.25, 0.3) is 0 Å². The van der Waals surface area contributed by atoms with Gasteiger partial charge in [0.2, 0.25) is 11.6 Å². The van der Waals surface area contributed by atoms with E-state index in [4.69, 9.17) is 18.9 Å². The fourth-order valence-corrected chi connectivity index (χ4v) is 1.54. The second-order valence-electron chi connectivity index (χ2n) is 3.85. The lowest BCUT2D eigenvalue weighted by Crippen LogP contribution is -2.44. The van der Waals surface area contributed by atoms with Gasteiger partial charge in [0, 0.05) is 13.2 Å². The normalized spacial score (nSPS) is 12.2. The first kappa shape index (κ1) is 18.6. The summed E-state index contributed by atoms with van der Waals surface area (Å²) in [6.07, 6.45) is 1.09. The lowest BCUT2D eigenvalue weighted by molar-refractivity contribution is -0.214. The van der Waals surface area contributed by atoms with Crippen LogP contribution in [0.3, 0.4) is 0 Å². The third-order valence-corrected chi connectivity index (χ3v) is 2.36. The van der Waals surface area contributed by atoms with Gasteiger partial charge >= 0.3 is 5.97 Å². The highest BCUT2D eigenvalue weighted by atomic mass is 16.7. The van der Waals surface area contributed by atoms with E-state index in [0.29, 0.717) is 6.61 Å². The average molecular weight is 288 g/mol. The van der Waals surface area contributed by atoms with E-state index in [0.717, 1.165) is 6.26 Å². The molecule has 0 bridgehead atoms. The summed E-state index contributed by atoms with van der Waals surface area (Å²) in [5, 5.41) is 0. The lowest BCUT2D eigenvalue weighted by Gasteiger charge is -2.27. The number of ketones is 1. The van der Waals surface area contributed by atoms with E-state index in [1.54, 1.807) is 27.7 Å². The molecule has 20 heavy (non-hydrogen) atoms. The molecule has 0 atom stereocenters. The van der Waals surface area contributed by atoms with Crippen LogP contribution in [0, 0.1) is 0 Å². The molecule has 0 radical (unpaired) electrons. The molecule has 6 nitrogen and oxygen atoms in total. The van der Waals surface area contributed by atoms with Crippen LogP contribution in [-0.2, 0) is 28.5 Å². The quantitative estimate of drug-likeness (QED) is 0.152. The van der Waals surface area contributed by atoms with Crippen LogP contribution in [0.1, 0.15) is 34.6 Å². The number of esters is 1. The minimum atomic E-state index is -1.53. The predicted octanol–water partition coefficient (Wildman–Crippen LogP) is 1.83. The van der Waals surface area contributed by atoms with E-state index in [1.807, 2.05) is 0 Å². The molecule has 0 spiro atoms. The maximum atomic E-state index is 12.5. The topological polar surface area (TPSA) is 71.1 Å². The van der Waals surface area contributed by atoms with Gasteiger partial charge in [0.15, 0.2) is 0 Å². The molecule has 0 aromatic heterocycles. The molecule has 0 fully saturated rings. The summed E-state index contributed by atoms with van der Waals surface area (Å²) in [5.41, 5.74) is -0.224. The Bertz CT molecular complexity index is 342. The standard InChI is InChI=1S/C14H24O6/c1-6-17-10-11(13(16)18-7-2)12(15)14(5,19-8-3)20-9-4/h10H,6-9H2,1-5H3. The Morgan fingerprint density at radius 3 is 1.90 bits per heavy atom. The molecular weight excluding hydrogens is 264 g/mol. The molecule has 0 saturated heterocycles. The average Bonchev–Trinajstić information content (AvgIpc) is 2.39. The summed E-state index contributed by atoms with van der Waals surface area (Å²) in [6, 6.07) is 0. The Labute approximate surface area is 120 Å². The highest BCUT2D eigenvalue weighted by Crippen LogP contribution is 2.20. The fourth-order valence-electron chi connectivity index (χ4n) is 1.54. The van der Waals surface area contributed by atoms with Crippen LogP contribution in [0.5, 0.6) is 0 Å². The van der Waals surface area contributed by atoms with Crippen molar-refractivity contribution >= 4 is 11.8 Å². The summed E-state index contributed by atoms with van der Waals surface area (Å²) >= 11 is 0. The van der Waals surface area contributed by atoms with Gasteiger partial charge in [-0.15, -0.1) is 0 Å². The summed E-state index contributed by atoms with van der Waals surface area (Å²) in [4.78, 5) is 24.3. The lowest BCUT2D eigenvalue weighted by atomic mass is 10.1. The molecule has 0 N–H and O–H groups in total. The van der Waals surface area contributed by atoms with E-state index in [2.05, 4.69) is 0 Å². The largest absolute Gasteiger partial charge is 0.500 e. The van der Waals surface area contributed by atoms with Crippen LogP contribution in [0.15, 0.2) is 11.8 Å². The first-order chi connectivity index (χ1) is 9.46. The van der Waals surface area contributed by atoms with Gasteiger partial charge in [-0.1, -0.05) is 0 Å². The van der Waals surface area contributed by atoms with Gasteiger partial charge < -0.3 is 18.9 Å². The molecule has 116 valence electrons. The van der Waals surface area contributed by atoms with Crippen molar-refractivity contribution in [2.45, 2.75) is 40.4 Å². The summed E-state index contributed by atoms with van der Waals surface area (Å²) in [6.45, 7) is 9.38. The summed E-state index contributed by atoms with van der Waals surface area (Å²) < 4.78 is 20.6. The number of ether oxygens (including phenoxy) is 4. The highest BCUT2D eigenvalue weighted by molar-refractivity contribution is 6.19. The number of Topliss-reactive ketones (excluding diaryl/α,β-unsaturated/α-hetero) is 1. The Balaban J connectivity index is 5.32. The zero-order chi connectivity index (χ0) is 15.6. The van der Waals surface area contributed by atoms with Crippen LogP contribution in [0.25, 0.3) is 0 Å². The van der Waals surface area contributed by atoms with Crippen molar-refractivity contribution in [3.8, 4) is 0 Å². The Kier molecular flexibility index (Phi) is 8.83. The van der Waals surface area contributed by atoms with Crippen LogP contribution < -0.4 is 0 Å². The van der Waals surface area contributed by atoms with Gasteiger partial charge in [-0.05, 0) is 34.6 Å². The molecule has 0 aliphatic heterocycles. The van der Waals surface area contributed by atoms with Crippen molar-refractivity contribution in [1.29, 1.82) is 0 Å². The third-order valence-electron chi connectivity index (χ3n) is 2.36. The highest BCUT2D eigenvalue weighted by Gasteiger charge is 2.40. The van der Waals surface area contributed by atoms with Crippen molar-refractivity contribution < 1.29 is 28.5 Å². The van der Waals surface area contributed by atoms with Gasteiger partial charge in [-0.2, -0.15) is 0 Å². The van der Waals surface area contributed by atoms with Crippen molar-refractivity contribution in [2.24, 2.45) is 0 Å². The third kappa shape index (κ3) is 5.30. The number of carbonyl (C=O) groups excluding carboxylic acids is 2. The number of hydrogen-bond donors (Lipinski definition) is 0. The minimum absolute atomic E-state index is 0.162. The zero-order valence-corrected chi connectivity index (χ0v) is 12.9. The van der Waals surface area contributed by atoms with E-state index < -0.39 is 17.5 Å². The number of rotatable bonds is 10. The first-order valence-electron chi connectivity index (χ1n) is 6.78. The van der Waals surface area contributed by atoms with Crippen LogP contribution in [0.4, 0.5) is 0 Å². The minimum Gasteiger partial charge on any atom is -0.500 e. The molecular formula is C14H24O6. The van der Waals surface area contributed by atoms with Crippen molar-refractivity contribution in [3.63, 3.8) is 0 Å². The van der Waals surface area contributed by atoms with Crippen molar-refractivity contribution in [1.82, 2.24) is 0 Å². The van der Waals surface area contributed by atoms with E-state index in [1.165, 1.54) is 6.92 Å². The smallest absolute Gasteiger partial charge is 0.345 e. The van der Waals surface area contributed by atoms with E-state index in [9.17, 15) is 9.59 Å². The van der Waals surface area contributed by atoms with Gasteiger partial charge in [-0.25, -0.2) is 4.79 Å². The van der Waals surface area contributed by atoms with E-state index in [-0.39, 0.29) is 25.4 Å². The van der Waals surface area contributed by atoms with E-state index >= 15 is 0 Å². The Hall–Kier alpha value is -1.40. The zero-order valence-electron chi connectivity index (χ0n) is 12.9. The Morgan fingerprint density at radius 2 is 1.50 bits per heavy atom. The molecule has 0 unspecified atom stereocenters. The summed E-state index contributed by atoms with van der Waals surface area (Å²) in [5.74, 6) is -2.90. The van der Waals surface area contributed by atoms with Crippen LogP contribution >= 0.6 is 0 Å². The van der Waals surface area contributed by atoms with Gasteiger partial charge in [-0.3, -0.25) is 4.79 Å². The fraction of sp³-hybridized carbons (Fsp3) is 0.714.